The molecule has 2 unspecified atom stereocenters. The van der Waals surface area contributed by atoms with Crippen LogP contribution in [0.25, 0.3) is 0 Å². The van der Waals surface area contributed by atoms with Crippen molar-refractivity contribution in [3.05, 3.63) is 12.2 Å². The van der Waals surface area contributed by atoms with Gasteiger partial charge in [0.15, 0.2) is 0 Å². The molecule has 3 aliphatic rings. The van der Waals surface area contributed by atoms with E-state index in [2.05, 4.69) is 36.2 Å². The van der Waals surface area contributed by atoms with Gasteiger partial charge in [-0.3, -0.25) is 4.90 Å². The highest BCUT2D eigenvalue weighted by molar-refractivity contribution is 5.02. The molecule has 0 radical (unpaired) electrons. The van der Waals surface area contributed by atoms with Crippen LogP contribution >= 0.6 is 0 Å². The van der Waals surface area contributed by atoms with Crippen LogP contribution in [0.3, 0.4) is 0 Å². The molecular formula is C18H32N2. The van der Waals surface area contributed by atoms with Gasteiger partial charge >= 0.3 is 0 Å². The molecule has 1 spiro atoms. The lowest BCUT2D eigenvalue weighted by molar-refractivity contribution is 0.0429. The normalized spacial score (nSPS) is 34.1. The fourth-order valence-electron chi connectivity index (χ4n) is 4.61. The molecule has 3 rings (SSSR count). The van der Waals surface area contributed by atoms with E-state index in [0.29, 0.717) is 5.54 Å². The van der Waals surface area contributed by atoms with Crippen molar-refractivity contribution in [2.24, 2.45) is 11.8 Å². The minimum absolute atomic E-state index is 0.468. The highest BCUT2D eigenvalue weighted by atomic mass is 15.3. The standard InChI is InChI=1S/C18H32N2/c1-15(2)17-12-19-18(10-6-7-11-18)14-20(17)13-16-8-4-3-5-9-16/h3-4,15-17,19H,5-14H2,1-2H3. The van der Waals surface area contributed by atoms with E-state index < -0.39 is 0 Å². The topological polar surface area (TPSA) is 15.3 Å². The lowest BCUT2D eigenvalue weighted by Gasteiger charge is -2.49. The van der Waals surface area contributed by atoms with Gasteiger partial charge in [0, 0.05) is 31.2 Å². The van der Waals surface area contributed by atoms with E-state index >= 15 is 0 Å². The van der Waals surface area contributed by atoms with E-state index in [4.69, 9.17) is 0 Å². The third kappa shape index (κ3) is 3.12. The molecule has 0 aromatic heterocycles. The number of allylic oxidation sites excluding steroid dienone is 2. The summed E-state index contributed by atoms with van der Waals surface area (Å²) < 4.78 is 0. The van der Waals surface area contributed by atoms with Gasteiger partial charge < -0.3 is 5.32 Å². The SMILES string of the molecule is CC(C)C1CNC2(CCCC2)CN1CC1CC=CCC1. The van der Waals surface area contributed by atoms with Gasteiger partial charge in [0.05, 0.1) is 0 Å². The minimum Gasteiger partial charge on any atom is -0.308 e. The minimum atomic E-state index is 0.468. The predicted molar refractivity (Wildman–Crippen MR) is 85.9 cm³/mol. The lowest BCUT2D eigenvalue weighted by Crippen LogP contribution is -2.64. The maximum Gasteiger partial charge on any atom is 0.0309 e. The van der Waals surface area contributed by atoms with Gasteiger partial charge in [-0.25, -0.2) is 0 Å². The lowest BCUT2D eigenvalue weighted by atomic mass is 9.86. The fraction of sp³-hybridized carbons (Fsp3) is 0.889. The van der Waals surface area contributed by atoms with Crippen molar-refractivity contribution < 1.29 is 0 Å². The average molecular weight is 276 g/mol. The summed E-state index contributed by atoms with van der Waals surface area (Å²) in [7, 11) is 0. The van der Waals surface area contributed by atoms with Crippen LogP contribution in [0.5, 0.6) is 0 Å². The second-order valence-electron chi connectivity index (χ2n) is 7.76. The van der Waals surface area contributed by atoms with E-state index in [1.165, 1.54) is 64.6 Å². The van der Waals surface area contributed by atoms with Crippen molar-refractivity contribution in [1.29, 1.82) is 0 Å². The number of piperazine rings is 1. The molecule has 1 N–H and O–H groups in total. The molecule has 2 heteroatoms. The maximum atomic E-state index is 3.94. The third-order valence-corrected chi connectivity index (χ3v) is 5.86. The summed E-state index contributed by atoms with van der Waals surface area (Å²) in [4.78, 5) is 2.86. The molecule has 1 saturated heterocycles. The van der Waals surface area contributed by atoms with Gasteiger partial charge in [-0.05, 0) is 43.9 Å². The quantitative estimate of drug-likeness (QED) is 0.793. The summed E-state index contributed by atoms with van der Waals surface area (Å²) in [6.45, 7) is 8.63. The van der Waals surface area contributed by atoms with Gasteiger partial charge in [0.25, 0.3) is 0 Å². The van der Waals surface area contributed by atoms with Gasteiger partial charge in [-0.1, -0.05) is 38.8 Å². The first kappa shape index (κ1) is 14.6. The summed E-state index contributed by atoms with van der Waals surface area (Å²) >= 11 is 0. The first-order chi connectivity index (χ1) is 9.69. The Bertz CT molecular complexity index is 341. The van der Waals surface area contributed by atoms with Crippen LogP contribution in [-0.2, 0) is 0 Å². The van der Waals surface area contributed by atoms with E-state index in [1.54, 1.807) is 0 Å². The maximum absolute atomic E-state index is 3.94. The summed E-state index contributed by atoms with van der Waals surface area (Å²) in [5.41, 5.74) is 0.468. The van der Waals surface area contributed by atoms with Crippen LogP contribution in [-0.4, -0.2) is 36.1 Å². The molecule has 1 aliphatic heterocycles. The highest BCUT2D eigenvalue weighted by Crippen LogP contribution is 2.35. The third-order valence-electron chi connectivity index (χ3n) is 5.86. The highest BCUT2D eigenvalue weighted by Gasteiger charge is 2.42. The van der Waals surface area contributed by atoms with Gasteiger partial charge in [-0.15, -0.1) is 0 Å². The molecule has 2 aliphatic carbocycles. The van der Waals surface area contributed by atoms with Gasteiger partial charge in [-0.2, -0.15) is 0 Å². The molecule has 0 aromatic carbocycles. The summed E-state index contributed by atoms with van der Waals surface area (Å²) in [5, 5.41) is 3.94. The molecule has 2 fully saturated rings. The Balaban J connectivity index is 1.66. The molecule has 2 nitrogen and oxygen atoms in total. The van der Waals surface area contributed by atoms with E-state index in [-0.39, 0.29) is 0 Å². The molecule has 0 amide bonds. The monoisotopic (exact) mass is 276 g/mol. The van der Waals surface area contributed by atoms with Crippen LogP contribution in [0.2, 0.25) is 0 Å². The Kier molecular flexibility index (Phi) is 4.52. The van der Waals surface area contributed by atoms with Crippen molar-refractivity contribution in [2.45, 2.75) is 70.4 Å². The second kappa shape index (κ2) is 6.19. The predicted octanol–water partition coefficient (Wildman–Crippen LogP) is 3.59. The van der Waals surface area contributed by atoms with Crippen molar-refractivity contribution in [1.82, 2.24) is 10.2 Å². The van der Waals surface area contributed by atoms with Crippen molar-refractivity contribution in [3.8, 4) is 0 Å². The van der Waals surface area contributed by atoms with Crippen LogP contribution in [0.4, 0.5) is 0 Å². The van der Waals surface area contributed by atoms with Crippen LogP contribution in [0, 0.1) is 11.8 Å². The molecular weight excluding hydrogens is 244 g/mol. The van der Waals surface area contributed by atoms with Crippen LogP contribution in [0.1, 0.15) is 58.8 Å². The fourth-order valence-corrected chi connectivity index (χ4v) is 4.61. The van der Waals surface area contributed by atoms with Crippen LogP contribution < -0.4 is 5.32 Å². The average Bonchev–Trinajstić information content (AvgIpc) is 2.88. The molecule has 2 atom stereocenters. The zero-order valence-electron chi connectivity index (χ0n) is 13.4. The summed E-state index contributed by atoms with van der Waals surface area (Å²) in [6.07, 6.45) is 14.4. The van der Waals surface area contributed by atoms with Gasteiger partial charge in [0.2, 0.25) is 0 Å². The summed E-state index contributed by atoms with van der Waals surface area (Å²) in [6, 6.07) is 0.743. The summed E-state index contributed by atoms with van der Waals surface area (Å²) in [5.74, 6) is 1.66. The van der Waals surface area contributed by atoms with Crippen molar-refractivity contribution >= 4 is 0 Å². The zero-order chi connectivity index (χ0) is 14.0. The van der Waals surface area contributed by atoms with Crippen LogP contribution in [0.15, 0.2) is 12.2 Å². The Morgan fingerprint density at radius 1 is 1.25 bits per heavy atom. The number of nitrogens with one attached hydrogen (secondary N) is 1. The molecule has 0 bridgehead atoms. The number of rotatable bonds is 3. The molecule has 1 saturated carbocycles. The Morgan fingerprint density at radius 2 is 2.05 bits per heavy atom. The van der Waals surface area contributed by atoms with E-state index in [9.17, 15) is 0 Å². The smallest absolute Gasteiger partial charge is 0.0309 e. The number of hydrogen-bond donors (Lipinski definition) is 1. The van der Waals surface area contributed by atoms with E-state index in [0.717, 1.165) is 17.9 Å². The Hall–Kier alpha value is -0.340. The van der Waals surface area contributed by atoms with E-state index in [1.807, 2.05) is 0 Å². The first-order valence-electron chi connectivity index (χ1n) is 8.83. The second-order valence-corrected chi connectivity index (χ2v) is 7.76. The number of nitrogens with zero attached hydrogens (tertiary/aromatic N) is 1. The van der Waals surface area contributed by atoms with Gasteiger partial charge in [0.1, 0.15) is 0 Å². The van der Waals surface area contributed by atoms with Crippen molar-refractivity contribution in [2.75, 3.05) is 19.6 Å². The molecule has 114 valence electrons. The molecule has 20 heavy (non-hydrogen) atoms. The van der Waals surface area contributed by atoms with Crippen molar-refractivity contribution in [3.63, 3.8) is 0 Å². The Labute approximate surface area is 125 Å². The molecule has 1 heterocycles. The first-order valence-corrected chi connectivity index (χ1v) is 8.83. The Morgan fingerprint density at radius 3 is 2.70 bits per heavy atom. The number of hydrogen-bond acceptors (Lipinski definition) is 2. The zero-order valence-corrected chi connectivity index (χ0v) is 13.4. The largest absolute Gasteiger partial charge is 0.308 e. The molecule has 0 aromatic rings.